The van der Waals surface area contributed by atoms with Crippen LogP contribution in [-0.4, -0.2) is 47.4 Å². The summed E-state index contributed by atoms with van der Waals surface area (Å²) in [6.07, 6.45) is -1.07. The lowest BCUT2D eigenvalue weighted by atomic mass is 10.1. The third-order valence-corrected chi connectivity index (χ3v) is 6.97. The molecule has 30 heavy (non-hydrogen) atoms. The van der Waals surface area contributed by atoms with Crippen LogP contribution in [0.1, 0.15) is 5.56 Å². The maximum Gasteiger partial charge on any atom is 0.134 e. The van der Waals surface area contributed by atoms with Crippen molar-refractivity contribution in [2.45, 2.75) is 29.1 Å². The smallest absolute Gasteiger partial charge is 0.134 e. The molecule has 0 spiro atoms. The van der Waals surface area contributed by atoms with E-state index >= 15 is 0 Å². The molecule has 0 saturated carbocycles. The Kier molecular flexibility index (Phi) is 5.23. The lowest BCUT2D eigenvalue weighted by molar-refractivity contribution is 0.268. The Labute approximate surface area is 183 Å². The maximum atomic E-state index is 14.2. The fourth-order valence-electron chi connectivity index (χ4n) is 4.14. The Balaban J connectivity index is 1.60. The highest BCUT2D eigenvalue weighted by atomic mass is 35.5. The summed E-state index contributed by atoms with van der Waals surface area (Å²) in [5.41, 5.74) is 8.17. The number of alkyl halides is 1. The summed E-state index contributed by atoms with van der Waals surface area (Å²) in [5.74, 6) is 0.743. The zero-order chi connectivity index (χ0) is 20.8. The zero-order valence-corrected chi connectivity index (χ0v) is 17.8. The first kappa shape index (κ1) is 19.9. The van der Waals surface area contributed by atoms with Crippen LogP contribution in [0.15, 0.2) is 53.4 Å². The first-order chi connectivity index (χ1) is 14.5. The molecule has 1 saturated heterocycles. The molecule has 0 radical (unpaired) electrons. The minimum absolute atomic E-state index is 0.244. The Morgan fingerprint density at radius 3 is 2.73 bits per heavy atom. The van der Waals surface area contributed by atoms with Gasteiger partial charge in [0, 0.05) is 34.5 Å². The molecule has 8 heteroatoms. The SMILES string of the molecule is N[C@H]1CN(c2cc(N3Cc4ccccc4SC(O)C3)nc3ccc(Cl)cc23)C[C@@H]1F. The Hall–Kier alpha value is -2.06. The van der Waals surface area contributed by atoms with Crippen LogP contribution >= 0.6 is 23.4 Å². The van der Waals surface area contributed by atoms with Gasteiger partial charge >= 0.3 is 0 Å². The number of nitrogens with zero attached hydrogens (tertiary/aromatic N) is 3. The van der Waals surface area contributed by atoms with Gasteiger partial charge in [-0.3, -0.25) is 0 Å². The molecule has 156 valence electrons. The van der Waals surface area contributed by atoms with Gasteiger partial charge in [0.05, 0.1) is 30.3 Å². The van der Waals surface area contributed by atoms with E-state index in [0.29, 0.717) is 24.7 Å². The van der Waals surface area contributed by atoms with Crippen LogP contribution < -0.4 is 15.5 Å². The van der Waals surface area contributed by atoms with Crippen LogP contribution in [-0.2, 0) is 6.54 Å². The van der Waals surface area contributed by atoms with Crippen molar-refractivity contribution in [3.8, 4) is 0 Å². The van der Waals surface area contributed by atoms with E-state index in [1.807, 2.05) is 41.3 Å². The normalized spacial score (nSPS) is 24.2. The van der Waals surface area contributed by atoms with Gasteiger partial charge in [0.25, 0.3) is 0 Å². The molecule has 3 aromatic rings. The topological polar surface area (TPSA) is 65.6 Å². The molecule has 0 bridgehead atoms. The predicted octanol–water partition coefficient (Wildman–Crippen LogP) is 3.80. The van der Waals surface area contributed by atoms with Crippen molar-refractivity contribution < 1.29 is 9.50 Å². The van der Waals surface area contributed by atoms with Crippen molar-refractivity contribution in [1.29, 1.82) is 0 Å². The van der Waals surface area contributed by atoms with E-state index in [1.165, 1.54) is 11.8 Å². The molecule has 3 atom stereocenters. The fourth-order valence-corrected chi connectivity index (χ4v) is 5.30. The number of nitrogens with two attached hydrogens (primary N) is 1. The molecule has 3 N–H and O–H groups in total. The van der Waals surface area contributed by atoms with E-state index < -0.39 is 17.6 Å². The number of hydrogen-bond acceptors (Lipinski definition) is 6. The van der Waals surface area contributed by atoms with Crippen LogP contribution in [0.5, 0.6) is 0 Å². The number of halogens is 2. The van der Waals surface area contributed by atoms with Crippen molar-refractivity contribution in [2.24, 2.45) is 5.73 Å². The van der Waals surface area contributed by atoms with Crippen LogP contribution in [0.2, 0.25) is 5.02 Å². The average molecular weight is 445 g/mol. The zero-order valence-electron chi connectivity index (χ0n) is 16.2. The standard InChI is InChI=1S/C22H22ClFN4OS/c23-14-5-6-18-15(7-14)19(27-10-16(24)17(25)11-27)8-21(26-18)28-9-13-3-1-2-4-20(13)30-22(29)12-28/h1-8,16-17,22,29H,9-12,25H2/t16-,17-,22?/m0/s1. The van der Waals surface area contributed by atoms with E-state index in [-0.39, 0.29) is 6.54 Å². The fraction of sp³-hybridized carbons (Fsp3) is 0.318. The number of thioether (sulfide) groups is 1. The lowest BCUT2D eigenvalue weighted by Crippen LogP contribution is -2.31. The van der Waals surface area contributed by atoms with Gasteiger partial charge in [0.2, 0.25) is 0 Å². The highest BCUT2D eigenvalue weighted by molar-refractivity contribution is 7.99. The summed E-state index contributed by atoms with van der Waals surface area (Å²) in [6, 6.07) is 15.1. The maximum absolute atomic E-state index is 14.2. The van der Waals surface area contributed by atoms with Crippen LogP contribution in [0.3, 0.4) is 0 Å². The quantitative estimate of drug-likeness (QED) is 0.626. The minimum Gasteiger partial charge on any atom is -0.380 e. The van der Waals surface area contributed by atoms with Gasteiger partial charge in [-0.25, -0.2) is 9.37 Å². The lowest BCUT2D eigenvalue weighted by Gasteiger charge is -2.27. The second-order valence-corrected chi connectivity index (χ2v) is 9.46. The van der Waals surface area contributed by atoms with Crippen molar-refractivity contribution in [3.05, 3.63) is 59.1 Å². The van der Waals surface area contributed by atoms with Crippen LogP contribution in [0.4, 0.5) is 15.9 Å². The molecule has 3 heterocycles. The first-order valence-electron chi connectivity index (χ1n) is 9.90. The number of aromatic nitrogens is 1. The Morgan fingerprint density at radius 1 is 1.10 bits per heavy atom. The molecule has 2 aliphatic heterocycles. The summed E-state index contributed by atoms with van der Waals surface area (Å²) in [4.78, 5) is 9.97. The molecule has 5 nitrogen and oxygen atoms in total. The highest BCUT2D eigenvalue weighted by Crippen LogP contribution is 2.37. The summed E-state index contributed by atoms with van der Waals surface area (Å²) >= 11 is 7.71. The average Bonchev–Trinajstić information content (AvgIpc) is 2.96. The van der Waals surface area contributed by atoms with Gasteiger partial charge in [0.1, 0.15) is 17.4 Å². The van der Waals surface area contributed by atoms with Crippen molar-refractivity contribution in [1.82, 2.24) is 4.98 Å². The van der Waals surface area contributed by atoms with Crippen molar-refractivity contribution >= 4 is 45.8 Å². The summed E-state index contributed by atoms with van der Waals surface area (Å²) in [5, 5.41) is 12.0. The molecule has 2 aromatic carbocycles. The molecule has 1 fully saturated rings. The summed E-state index contributed by atoms with van der Waals surface area (Å²) in [6.45, 7) is 1.76. The third kappa shape index (κ3) is 3.71. The molecule has 1 unspecified atom stereocenters. The van der Waals surface area contributed by atoms with Gasteiger partial charge in [0.15, 0.2) is 0 Å². The second-order valence-electron chi connectivity index (χ2n) is 7.81. The van der Waals surface area contributed by atoms with Gasteiger partial charge in [-0.1, -0.05) is 41.6 Å². The number of fused-ring (bicyclic) bond motifs is 2. The molecular formula is C22H22ClFN4OS. The van der Waals surface area contributed by atoms with E-state index in [4.69, 9.17) is 22.3 Å². The Bertz CT molecular complexity index is 1090. The second kappa shape index (κ2) is 7.89. The van der Waals surface area contributed by atoms with Crippen molar-refractivity contribution in [2.75, 3.05) is 29.4 Å². The number of benzene rings is 2. The number of rotatable bonds is 2. The van der Waals surface area contributed by atoms with Gasteiger partial charge in [-0.2, -0.15) is 0 Å². The minimum atomic E-state index is -1.07. The molecule has 2 aliphatic rings. The van der Waals surface area contributed by atoms with E-state index in [2.05, 4.69) is 11.0 Å². The molecule has 0 aliphatic carbocycles. The summed E-state index contributed by atoms with van der Waals surface area (Å²) < 4.78 is 14.2. The van der Waals surface area contributed by atoms with Crippen LogP contribution in [0, 0.1) is 0 Å². The van der Waals surface area contributed by atoms with E-state index in [1.54, 1.807) is 6.07 Å². The first-order valence-corrected chi connectivity index (χ1v) is 11.2. The monoisotopic (exact) mass is 444 g/mol. The summed E-state index contributed by atoms with van der Waals surface area (Å²) in [7, 11) is 0. The molecule has 5 rings (SSSR count). The number of hydrogen-bond donors (Lipinski definition) is 2. The molecule has 0 amide bonds. The largest absolute Gasteiger partial charge is 0.380 e. The van der Waals surface area contributed by atoms with Gasteiger partial charge < -0.3 is 20.6 Å². The number of aliphatic hydroxyl groups is 1. The van der Waals surface area contributed by atoms with Crippen molar-refractivity contribution in [3.63, 3.8) is 0 Å². The number of aliphatic hydroxyl groups excluding tert-OH is 1. The van der Waals surface area contributed by atoms with Gasteiger partial charge in [-0.15, -0.1) is 0 Å². The molecular weight excluding hydrogens is 423 g/mol. The predicted molar refractivity (Wildman–Crippen MR) is 121 cm³/mol. The van der Waals surface area contributed by atoms with Gasteiger partial charge in [-0.05, 0) is 29.8 Å². The Morgan fingerprint density at radius 2 is 1.93 bits per heavy atom. The van der Waals surface area contributed by atoms with E-state index in [9.17, 15) is 9.50 Å². The molecule has 1 aromatic heterocycles. The third-order valence-electron chi connectivity index (χ3n) is 5.66. The number of β-amino-alcohol motifs (C(OH)–C–C–N with tert-alkyl or cyclic N) is 1. The number of pyridine rings is 1. The highest BCUT2D eigenvalue weighted by Gasteiger charge is 2.32. The van der Waals surface area contributed by atoms with Crippen LogP contribution in [0.25, 0.3) is 10.9 Å². The number of anilines is 2. The van der Waals surface area contributed by atoms with E-state index in [0.717, 1.165) is 32.9 Å².